The minimum atomic E-state index is 0.196. The number of aliphatic hydroxyl groups excluding tert-OH is 1. The first-order valence-corrected chi connectivity index (χ1v) is 7.73. The molecule has 0 aliphatic heterocycles. The fourth-order valence-corrected chi connectivity index (χ4v) is 4.26. The zero-order valence-electron chi connectivity index (χ0n) is 9.73. The van der Waals surface area contributed by atoms with E-state index in [1.54, 1.807) is 11.3 Å². The summed E-state index contributed by atoms with van der Waals surface area (Å²) in [5, 5.41) is 15.0. The van der Waals surface area contributed by atoms with Gasteiger partial charge in [0.15, 0.2) is 0 Å². The summed E-state index contributed by atoms with van der Waals surface area (Å²) in [4.78, 5) is 1.26. The van der Waals surface area contributed by atoms with Gasteiger partial charge in [-0.2, -0.15) is 0 Å². The number of nitrogens with one attached hydrogen (secondary N) is 1. The van der Waals surface area contributed by atoms with Crippen molar-refractivity contribution in [3.8, 4) is 0 Å². The quantitative estimate of drug-likeness (QED) is 0.780. The molecular formula is C12H19BrN2OS. The summed E-state index contributed by atoms with van der Waals surface area (Å²) in [6, 6.07) is 2.66. The lowest BCUT2D eigenvalue weighted by Crippen LogP contribution is -2.39. The molecule has 1 aliphatic rings. The molecule has 5 heteroatoms. The molecule has 3 atom stereocenters. The molecule has 1 heterocycles. The summed E-state index contributed by atoms with van der Waals surface area (Å²) in [6.45, 7) is 0.869. The predicted molar refractivity (Wildman–Crippen MR) is 75.2 cm³/mol. The van der Waals surface area contributed by atoms with Gasteiger partial charge in [0, 0.05) is 28.5 Å². The smallest absolute Gasteiger partial charge is 0.0552 e. The van der Waals surface area contributed by atoms with Gasteiger partial charge in [-0.1, -0.05) is 6.42 Å². The molecule has 1 saturated carbocycles. The van der Waals surface area contributed by atoms with E-state index in [2.05, 4.69) is 32.7 Å². The highest BCUT2D eigenvalue weighted by molar-refractivity contribution is 9.10. The maximum Gasteiger partial charge on any atom is 0.0552 e. The second-order valence-electron chi connectivity index (χ2n) is 4.57. The van der Waals surface area contributed by atoms with Crippen molar-refractivity contribution in [3.63, 3.8) is 0 Å². The zero-order valence-corrected chi connectivity index (χ0v) is 12.1. The number of halogens is 1. The molecule has 4 N–H and O–H groups in total. The molecule has 1 fully saturated rings. The summed E-state index contributed by atoms with van der Waals surface area (Å²) < 4.78 is 1.13. The average Bonchev–Trinajstić information content (AvgIpc) is 2.94. The van der Waals surface area contributed by atoms with Gasteiger partial charge in [0.2, 0.25) is 0 Å². The summed E-state index contributed by atoms with van der Waals surface area (Å²) >= 11 is 5.28. The molecule has 0 spiro atoms. The van der Waals surface area contributed by atoms with Crippen molar-refractivity contribution in [2.75, 3.05) is 13.2 Å². The van der Waals surface area contributed by atoms with E-state index < -0.39 is 0 Å². The van der Waals surface area contributed by atoms with E-state index in [-0.39, 0.29) is 12.6 Å². The minimum absolute atomic E-state index is 0.196. The zero-order chi connectivity index (χ0) is 12.3. The van der Waals surface area contributed by atoms with Crippen LogP contribution in [0, 0.1) is 5.92 Å². The van der Waals surface area contributed by atoms with E-state index in [1.807, 2.05) is 0 Å². The molecule has 17 heavy (non-hydrogen) atoms. The monoisotopic (exact) mass is 318 g/mol. The van der Waals surface area contributed by atoms with E-state index in [9.17, 15) is 5.11 Å². The third-order valence-corrected chi connectivity index (χ3v) is 5.49. The Labute approximate surface area is 115 Å². The van der Waals surface area contributed by atoms with E-state index in [4.69, 9.17) is 5.73 Å². The van der Waals surface area contributed by atoms with Gasteiger partial charge in [-0.05, 0) is 46.1 Å². The van der Waals surface area contributed by atoms with Gasteiger partial charge in [-0.15, -0.1) is 11.3 Å². The highest BCUT2D eigenvalue weighted by Gasteiger charge is 2.29. The maximum absolute atomic E-state index is 9.33. The topological polar surface area (TPSA) is 58.3 Å². The first-order valence-electron chi connectivity index (χ1n) is 6.06. The van der Waals surface area contributed by atoms with Crippen molar-refractivity contribution in [1.29, 1.82) is 0 Å². The van der Waals surface area contributed by atoms with Gasteiger partial charge in [-0.3, -0.25) is 0 Å². The largest absolute Gasteiger partial charge is 0.396 e. The fraction of sp³-hybridized carbons (Fsp3) is 0.667. The Kier molecular flexibility index (Phi) is 4.99. The van der Waals surface area contributed by atoms with Crippen LogP contribution in [0.2, 0.25) is 0 Å². The van der Waals surface area contributed by atoms with Gasteiger partial charge in [-0.25, -0.2) is 0 Å². The van der Waals surface area contributed by atoms with Crippen LogP contribution >= 0.6 is 27.3 Å². The number of hydrogen-bond donors (Lipinski definition) is 3. The van der Waals surface area contributed by atoms with Crippen molar-refractivity contribution in [2.45, 2.75) is 31.3 Å². The fourth-order valence-electron chi connectivity index (χ4n) is 2.54. The van der Waals surface area contributed by atoms with Gasteiger partial charge in [0.25, 0.3) is 0 Å². The van der Waals surface area contributed by atoms with E-state index in [0.717, 1.165) is 17.3 Å². The molecular weight excluding hydrogens is 300 g/mol. The molecule has 1 aliphatic carbocycles. The summed E-state index contributed by atoms with van der Waals surface area (Å²) in [7, 11) is 0. The highest BCUT2D eigenvalue weighted by Crippen LogP contribution is 2.32. The van der Waals surface area contributed by atoms with Gasteiger partial charge < -0.3 is 16.2 Å². The van der Waals surface area contributed by atoms with Crippen LogP contribution in [-0.2, 0) is 0 Å². The van der Waals surface area contributed by atoms with Crippen LogP contribution in [0.3, 0.4) is 0 Å². The second kappa shape index (κ2) is 6.29. The van der Waals surface area contributed by atoms with Crippen LogP contribution in [0.15, 0.2) is 15.9 Å². The van der Waals surface area contributed by atoms with Crippen molar-refractivity contribution >= 4 is 27.3 Å². The van der Waals surface area contributed by atoms with Crippen LogP contribution in [0.1, 0.15) is 30.2 Å². The molecule has 3 unspecified atom stereocenters. The van der Waals surface area contributed by atoms with Crippen molar-refractivity contribution in [3.05, 3.63) is 20.8 Å². The Hall–Kier alpha value is 0.0600. The van der Waals surface area contributed by atoms with E-state index in [0.29, 0.717) is 18.5 Å². The summed E-state index contributed by atoms with van der Waals surface area (Å²) in [6.07, 6.45) is 3.47. The molecule has 0 saturated heterocycles. The molecule has 0 amide bonds. The van der Waals surface area contributed by atoms with Crippen molar-refractivity contribution in [2.24, 2.45) is 11.7 Å². The lowest BCUT2D eigenvalue weighted by atomic mass is 10.0. The van der Waals surface area contributed by atoms with Crippen LogP contribution < -0.4 is 11.1 Å². The highest BCUT2D eigenvalue weighted by atomic mass is 79.9. The average molecular weight is 319 g/mol. The Balaban J connectivity index is 2.03. The third kappa shape index (κ3) is 3.09. The lowest BCUT2D eigenvalue weighted by molar-refractivity contribution is 0.200. The Morgan fingerprint density at radius 2 is 2.41 bits per heavy atom. The summed E-state index contributed by atoms with van der Waals surface area (Å²) in [5.74, 6) is 0.391. The third-order valence-electron chi connectivity index (χ3n) is 3.51. The SMILES string of the molecule is NCC(NC1CCCC1CO)c1sccc1Br. The molecule has 1 aromatic heterocycles. The Morgan fingerprint density at radius 3 is 3.00 bits per heavy atom. The maximum atomic E-state index is 9.33. The molecule has 0 radical (unpaired) electrons. The standard InChI is InChI=1S/C12H19BrN2OS/c13-9-4-5-17-12(9)11(6-14)15-10-3-1-2-8(10)7-16/h4-5,8,10-11,15-16H,1-3,6-7,14H2. The second-order valence-corrected chi connectivity index (χ2v) is 6.37. The van der Waals surface area contributed by atoms with Gasteiger partial charge in [0.1, 0.15) is 0 Å². The van der Waals surface area contributed by atoms with Gasteiger partial charge >= 0.3 is 0 Å². The van der Waals surface area contributed by atoms with Crippen LogP contribution in [0.5, 0.6) is 0 Å². The molecule has 1 aromatic rings. The Morgan fingerprint density at radius 1 is 1.59 bits per heavy atom. The normalized spacial score (nSPS) is 26.3. The number of hydrogen-bond acceptors (Lipinski definition) is 4. The van der Waals surface area contributed by atoms with Crippen LogP contribution in [-0.4, -0.2) is 24.3 Å². The van der Waals surface area contributed by atoms with E-state index in [1.165, 1.54) is 11.3 Å². The predicted octanol–water partition coefficient (Wildman–Crippen LogP) is 2.26. The first kappa shape index (κ1) is 13.5. The molecule has 2 rings (SSSR count). The Bertz CT molecular complexity index is 358. The lowest BCUT2D eigenvalue weighted by Gasteiger charge is -2.25. The van der Waals surface area contributed by atoms with Gasteiger partial charge in [0.05, 0.1) is 6.04 Å². The minimum Gasteiger partial charge on any atom is -0.396 e. The number of thiophene rings is 1. The van der Waals surface area contributed by atoms with Crippen LogP contribution in [0.4, 0.5) is 0 Å². The van der Waals surface area contributed by atoms with Crippen molar-refractivity contribution in [1.82, 2.24) is 5.32 Å². The van der Waals surface area contributed by atoms with Crippen molar-refractivity contribution < 1.29 is 5.11 Å². The van der Waals surface area contributed by atoms with Crippen LogP contribution in [0.25, 0.3) is 0 Å². The molecule has 3 nitrogen and oxygen atoms in total. The summed E-state index contributed by atoms with van der Waals surface area (Å²) in [5.41, 5.74) is 5.86. The number of nitrogens with two attached hydrogens (primary N) is 1. The molecule has 96 valence electrons. The first-order chi connectivity index (χ1) is 8.26. The number of aliphatic hydroxyl groups is 1. The number of rotatable bonds is 5. The van der Waals surface area contributed by atoms with E-state index >= 15 is 0 Å². The molecule has 0 aromatic carbocycles. The molecule has 0 bridgehead atoms.